The van der Waals surface area contributed by atoms with Gasteiger partial charge in [0.25, 0.3) is 5.91 Å². The third-order valence-corrected chi connectivity index (χ3v) is 3.80. The summed E-state index contributed by atoms with van der Waals surface area (Å²) >= 11 is 0. The van der Waals surface area contributed by atoms with Crippen molar-refractivity contribution in [2.75, 3.05) is 20.1 Å². The van der Waals surface area contributed by atoms with Crippen LogP contribution in [-0.2, 0) is 0 Å². The number of rotatable bonds is 5. The van der Waals surface area contributed by atoms with Crippen molar-refractivity contribution in [2.24, 2.45) is 11.1 Å². The van der Waals surface area contributed by atoms with Crippen molar-refractivity contribution < 1.29 is 4.79 Å². The van der Waals surface area contributed by atoms with E-state index in [1.54, 1.807) is 4.90 Å². The molecule has 0 saturated heterocycles. The summed E-state index contributed by atoms with van der Waals surface area (Å²) in [6, 6.07) is 2.35. The van der Waals surface area contributed by atoms with Crippen LogP contribution in [0, 0.1) is 19.3 Å². The fourth-order valence-electron chi connectivity index (χ4n) is 2.77. The van der Waals surface area contributed by atoms with Crippen LogP contribution in [0.5, 0.6) is 0 Å². The molecule has 1 rings (SSSR count). The highest BCUT2D eigenvalue weighted by atomic mass is 35.5. The molecule has 0 bridgehead atoms. The molecule has 0 radical (unpaired) electrons. The Bertz CT molecular complexity index is 492. The number of hydrogen-bond donors (Lipinski definition) is 1. The summed E-state index contributed by atoms with van der Waals surface area (Å²) in [6.07, 6.45) is 0. The van der Waals surface area contributed by atoms with Gasteiger partial charge in [0, 0.05) is 31.0 Å². The normalized spacial score (nSPS) is 11.5. The average Bonchev–Trinajstić information content (AvgIpc) is 2.63. The minimum absolute atomic E-state index is 0. The summed E-state index contributed by atoms with van der Waals surface area (Å²) in [7, 11) is 1.85. The Morgan fingerprint density at radius 2 is 1.90 bits per heavy atom. The smallest absolute Gasteiger partial charge is 0.255 e. The van der Waals surface area contributed by atoms with Crippen LogP contribution >= 0.6 is 12.4 Å². The summed E-state index contributed by atoms with van der Waals surface area (Å²) < 4.78 is 2.20. The lowest BCUT2D eigenvalue weighted by Crippen LogP contribution is -2.39. The molecule has 0 aliphatic rings. The Kier molecular flexibility index (Phi) is 6.97. The van der Waals surface area contributed by atoms with Gasteiger partial charge in [-0.1, -0.05) is 13.8 Å². The number of halogens is 1. The van der Waals surface area contributed by atoms with Gasteiger partial charge < -0.3 is 15.2 Å². The zero-order valence-corrected chi connectivity index (χ0v) is 15.2. The quantitative estimate of drug-likeness (QED) is 0.907. The Balaban J connectivity index is 0.00000400. The van der Waals surface area contributed by atoms with Crippen molar-refractivity contribution in [1.82, 2.24) is 9.47 Å². The predicted molar refractivity (Wildman–Crippen MR) is 91.3 cm³/mol. The van der Waals surface area contributed by atoms with E-state index >= 15 is 0 Å². The lowest BCUT2D eigenvalue weighted by atomic mass is 9.93. The second kappa shape index (κ2) is 7.32. The first-order valence-corrected chi connectivity index (χ1v) is 7.24. The summed E-state index contributed by atoms with van der Waals surface area (Å²) in [5.41, 5.74) is 8.66. The molecule has 1 aromatic heterocycles. The van der Waals surface area contributed by atoms with Crippen molar-refractivity contribution in [3.05, 3.63) is 23.0 Å². The van der Waals surface area contributed by atoms with Crippen LogP contribution in [0.15, 0.2) is 6.07 Å². The van der Waals surface area contributed by atoms with E-state index in [9.17, 15) is 4.79 Å². The van der Waals surface area contributed by atoms with Gasteiger partial charge in [0.05, 0.1) is 5.56 Å². The number of aromatic nitrogens is 1. The number of amides is 1. The van der Waals surface area contributed by atoms with Gasteiger partial charge in [0.15, 0.2) is 0 Å². The average molecular weight is 316 g/mol. The van der Waals surface area contributed by atoms with Crippen LogP contribution in [0.25, 0.3) is 0 Å². The number of carbonyl (C=O) groups excluding carboxylic acids is 1. The van der Waals surface area contributed by atoms with E-state index in [2.05, 4.69) is 32.3 Å². The first-order chi connectivity index (χ1) is 9.10. The number of nitrogens with zero attached hydrogens (tertiary/aromatic N) is 2. The topological polar surface area (TPSA) is 51.3 Å². The molecule has 0 atom stereocenters. The highest BCUT2D eigenvalue weighted by Gasteiger charge is 2.24. The number of carbonyl (C=O) groups is 1. The predicted octanol–water partition coefficient (Wildman–Crippen LogP) is 3.16. The van der Waals surface area contributed by atoms with Gasteiger partial charge in [-0.25, -0.2) is 0 Å². The molecule has 5 heteroatoms. The zero-order valence-electron chi connectivity index (χ0n) is 14.4. The standard InChI is InChI=1S/C16H29N3O.ClH/c1-11(2)19-12(3)8-14(13(19)4)15(20)18(7)10-16(5,6)9-17;/h8,11H,9-10,17H2,1-7H3;1H. The third kappa shape index (κ3) is 4.48. The van der Waals surface area contributed by atoms with E-state index in [1.165, 1.54) is 0 Å². The van der Waals surface area contributed by atoms with Gasteiger partial charge in [0.2, 0.25) is 0 Å². The molecule has 1 aromatic rings. The van der Waals surface area contributed by atoms with E-state index in [0.717, 1.165) is 17.0 Å². The van der Waals surface area contributed by atoms with Crippen LogP contribution in [0.4, 0.5) is 0 Å². The van der Waals surface area contributed by atoms with Crippen LogP contribution in [0.3, 0.4) is 0 Å². The molecule has 2 N–H and O–H groups in total. The number of aryl methyl sites for hydroxylation is 1. The molecule has 0 fully saturated rings. The van der Waals surface area contributed by atoms with Gasteiger partial charge >= 0.3 is 0 Å². The van der Waals surface area contributed by atoms with Gasteiger partial charge in [-0.3, -0.25) is 4.79 Å². The number of nitrogens with two attached hydrogens (primary N) is 1. The molecule has 1 amide bonds. The van der Waals surface area contributed by atoms with E-state index in [-0.39, 0.29) is 23.7 Å². The van der Waals surface area contributed by atoms with Crippen molar-refractivity contribution in [2.45, 2.75) is 47.6 Å². The van der Waals surface area contributed by atoms with Crippen LogP contribution in [-0.4, -0.2) is 35.5 Å². The molecular formula is C16H30ClN3O. The maximum atomic E-state index is 12.6. The monoisotopic (exact) mass is 315 g/mol. The van der Waals surface area contributed by atoms with Crippen molar-refractivity contribution in [3.8, 4) is 0 Å². The highest BCUT2D eigenvalue weighted by Crippen LogP contribution is 2.22. The van der Waals surface area contributed by atoms with Gasteiger partial charge in [-0.05, 0) is 45.7 Å². The molecule has 0 saturated carbocycles. The Morgan fingerprint density at radius 1 is 1.38 bits per heavy atom. The second-order valence-corrected chi connectivity index (χ2v) is 6.78. The molecule has 1 heterocycles. The lowest BCUT2D eigenvalue weighted by Gasteiger charge is -2.29. The van der Waals surface area contributed by atoms with Crippen molar-refractivity contribution >= 4 is 18.3 Å². The lowest BCUT2D eigenvalue weighted by molar-refractivity contribution is 0.0739. The van der Waals surface area contributed by atoms with Gasteiger partial charge in [-0.2, -0.15) is 0 Å². The molecule has 4 nitrogen and oxygen atoms in total. The number of hydrogen-bond acceptors (Lipinski definition) is 2. The van der Waals surface area contributed by atoms with Crippen molar-refractivity contribution in [1.29, 1.82) is 0 Å². The fourth-order valence-corrected chi connectivity index (χ4v) is 2.77. The minimum atomic E-state index is -0.0615. The van der Waals surface area contributed by atoms with Crippen molar-refractivity contribution in [3.63, 3.8) is 0 Å². The van der Waals surface area contributed by atoms with E-state index in [0.29, 0.717) is 19.1 Å². The Hall–Kier alpha value is -1.000. The Morgan fingerprint density at radius 3 is 2.29 bits per heavy atom. The highest BCUT2D eigenvalue weighted by molar-refractivity contribution is 5.95. The molecule has 0 spiro atoms. The van der Waals surface area contributed by atoms with Gasteiger partial charge in [0.1, 0.15) is 0 Å². The SMILES string of the molecule is Cc1cc(C(=O)N(C)CC(C)(C)CN)c(C)n1C(C)C.Cl. The first-order valence-electron chi connectivity index (χ1n) is 7.24. The summed E-state index contributed by atoms with van der Waals surface area (Å²) in [5.74, 6) is 0.0755. The van der Waals surface area contributed by atoms with Gasteiger partial charge in [-0.15, -0.1) is 12.4 Å². The molecule has 0 aliphatic carbocycles. The minimum Gasteiger partial charge on any atom is -0.346 e. The Labute approximate surface area is 135 Å². The summed E-state index contributed by atoms with van der Waals surface area (Å²) in [6.45, 7) is 13.7. The molecular weight excluding hydrogens is 286 g/mol. The second-order valence-electron chi connectivity index (χ2n) is 6.78. The van der Waals surface area contributed by atoms with E-state index < -0.39 is 0 Å². The molecule has 122 valence electrons. The first kappa shape index (κ1) is 20.0. The molecule has 21 heavy (non-hydrogen) atoms. The maximum absolute atomic E-state index is 12.6. The van der Waals surface area contributed by atoms with Crippen LogP contribution in [0.1, 0.15) is 55.5 Å². The molecule has 0 aliphatic heterocycles. The summed E-state index contributed by atoms with van der Waals surface area (Å²) in [5, 5.41) is 0. The third-order valence-electron chi connectivity index (χ3n) is 3.80. The molecule has 0 unspecified atom stereocenters. The zero-order chi connectivity index (χ0) is 15.7. The summed E-state index contributed by atoms with van der Waals surface area (Å²) in [4.78, 5) is 14.4. The largest absolute Gasteiger partial charge is 0.346 e. The van der Waals surface area contributed by atoms with Crippen LogP contribution in [0.2, 0.25) is 0 Å². The molecule has 0 aromatic carbocycles. The van der Waals surface area contributed by atoms with E-state index in [1.807, 2.05) is 27.0 Å². The van der Waals surface area contributed by atoms with Crippen LogP contribution < -0.4 is 5.73 Å². The fraction of sp³-hybridized carbons (Fsp3) is 0.688. The van der Waals surface area contributed by atoms with E-state index in [4.69, 9.17) is 5.73 Å². The maximum Gasteiger partial charge on any atom is 0.255 e.